The van der Waals surface area contributed by atoms with Crippen LogP contribution in [0.2, 0.25) is 0 Å². The fraction of sp³-hybridized carbons (Fsp3) is 1.00. The third-order valence-electron chi connectivity index (χ3n) is 8.13. The maximum atomic E-state index is 5.68. The highest BCUT2D eigenvalue weighted by atomic mass is 16.6. The van der Waals surface area contributed by atoms with Crippen molar-refractivity contribution in [1.29, 1.82) is 0 Å². The van der Waals surface area contributed by atoms with Crippen molar-refractivity contribution in [3.8, 4) is 0 Å². The first-order valence-electron chi connectivity index (χ1n) is 20.7. The van der Waals surface area contributed by atoms with E-state index in [0.717, 1.165) is 26.1 Å². The molecule has 0 rings (SSSR count). The summed E-state index contributed by atoms with van der Waals surface area (Å²) in [4.78, 5) is 0. The van der Waals surface area contributed by atoms with Gasteiger partial charge >= 0.3 is 0 Å². The molecule has 0 saturated carbocycles. The van der Waals surface area contributed by atoms with Crippen LogP contribution in [-0.2, 0) is 47.4 Å². The topological polar surface area (TPSA) is 92.3 Å². The van der Waals surface area contributed by atoms with E-state index in [1.165, 1.54) is 103 Å². The van der Waals surface area contributed by atoms with E-state index in [9.17, 15) is 0 Å². The average Bonchev–Trinajstić information content (AvgIpc) is 3.13. The van der Waals surface area contributed by atoms with Gasteiger partial charge in [0.1, 0.15) is 0 Å². The zero-order chi connectivity index (χ0) is 35.9. The second-order valence-electron chi connectivity index (χ2n) is 12.8. The highest BCUT2D eigenvalue weighted by Crippen LogP contribution is 2.13. The summed E-state index contributed by atoms with van der Waals surface area (Å²) < 4.78 is 55.4. The van der Waals surface area contributed by atoms with Crippen molar-refractivity contribution in [1.82, 2.24) is 0 Å². The molecule has 0 atom stereocenters. The van der Waals surface area contributed by atoms with Gasteiger partial charge in [-0.15, -0.1) is 0 Å². The van der Waals surface area contributed by atoms with E-state index in [-0.39, 0.29) is 0 Å². The van der Waals surface area contributed by atoms with Crippen molar-refractivity contribution >= 4 is 0 Å². The minimum absolute atomic E-state index is 0.535. The predicted molar refractivity (Wildman–Crippen MR) is 203 cm³/mol. The average molecular weight is 723 g/mol. The lowest BCUT2D eigenvalue weighted by molar-refractivity contribution is -0.0264. The number of rotatable bonds is 47. The zero-order valence-corrected chi connectivity index (χ0v) is 33.0. The van der Waals surface area contributed by atoms with Crippen LogP contribution in [0.15, 0.2) is 0 Å². The Morgan fingerprint density at radius 1 is 0.160 bits per heavy atom. The van der Waals surface area contributed by atoms with E-state index in [1.54, 1.807) is 0 Å². The molecule has 0 amide bonds. The van der Waals surface area contributed by atoms with E-state index in [0.29, 0.717) is 119 Å². The van der Waals surface area contributed by atoms with Crippen molar-refractivity contribution in [3.63, 3.8) is 0 Å². The minimum Gasteiger partial charge on any atom is -0.379 e. The molecule has 0 N–H and O–H groups in total. The summed E-state index contributed by atoms with van der Waals surface area (Å²) in [5.41, 5.74) is 0. The molecule has 0 aromatic heterocycles. The molecular formula is C40H82O10. The van der Waals surface area contributed by atoms with Gasteiger partial charge < -0.3 is 47.4 Å². The molecule has 0 radical (unpaired) electrons. The van der Waals surface area contributed by atoms with Gasteiger partial charge in [0.25, 0.3) is 0 Å². The van der Waals surface area contributed by atoms with Crippen LogP contribution in [0.1, 0.15) is 129 Å². The molecule has 0 aromatic carbocycles. The van der Waals surface area contributed by atoms with E-state index in [2.05, 4.69) is 13.8 Å². The van der Waals surface area contributed by atoms with Gasteiger partial charge in [-0.05, 0) is 12.8 Å². The molecular weight excluding hydrogens is 640 g/mol. The SMILES string of the molecule is CCCCCCCCCCCCCCCCOCCOCCOCCOCCOCCOCCOCCOCCOCCOCCCCCC. The van der Waals surface area contributed by atoms with Crippen LogP contribution < -0.4 is 0 Å². The fourth-order valence-electron chi connectivity index (χ4n) is 5.11. The van der Waals surface area contributed by atoms with Crippen LogP contribution in [0.3, 0.4) is 0 Å². The summed E-state index contributed by atoms with van der Waals surface area (Å²) in [7, 11) is 0. The van der Waals surface area contributed by atoms with Crippen LogP contribution in [0.25, 0.3) is 0 Å². The Morgan fingerprint density at radius 2 is 0.300 bits per heavy atom. The number of unbranched alkanes of at least 4 members (excludes halogenated alkanes) is 16. The van der Waals surface area contributed by atoms with E-state index < -0.39 is 0 Å². The summed E-state index contributed by atoms with van der Waals surface area (Å²) in [6.45, 7) is 16.4. The third kappa shape index (κ3) is 47.6. The molecule has 302 valence electrons. The van der Waals surface area contributed by atoms with Crippen LogP contribution >= 0.6 is 0 Å². The summed E-state index contributed by atoms with van der Waals surface area (Å²) in [5.74, 6) is 0. The normalized spacial score (nSPS) is 11.6. The summed E-state index contributed by atoms with van der Waals surface area (Å²) in [5, 5.41) is 0. The molecule has 0 unspecified atom stereocenters. The second-order valence-corrected chi connectivity index (χ2v) is 12.8. The van der Waals surface area contributed by atoms with Gasteiger partial charge in [0.05, 0.1) is 119 Å². The molecule has 0 spiro atoms. The largest absolute Gasteiger partial charge is 0.379 e. The molecule has 0 fully saturated rings. The zero-order valence-electron chi connectivity index (χ0n) is 33.0. The molecule has 0 heterocycles. The van der Waals surface area contributed by atoms with Crippen molar-refractivity contribution < 1.29 is 47.4 Å². The molecule has 0 aliphatic heterocycles. The van der Waals surface area contributed by atoms with E-state index in [1.807, 2.05) is 0 Å². The molecule has 0 bridgehead atoms. The highest BCUT2D eigenvalue weighted by Gasteiger charge is 1.98. The number of hydrogen-bond donors (Lipinski definition) is 0. The minimum atomic E-state index is 0.535. The van der Waals surface area contributed by atoms with Crippen molar-refractivity contribution in [2.45, 2.75) is 129 Å². The Hall–Kier alpha value is -0.400. The Kier molecular flexibility index (Phi) is 48.2. The van der Waals surface area contributed by atoms with E-state index >= 15 is 0 Å². The molecule has 0 aromatic rings. The molecule has 0 aliphatic carbocycles. The molecule has 50 heavy (non-hydrogen) atoms. The molecule has 10 heteroatoms. The van der Waals surface area contributed by atoms with Crippen LogP contribution in [-0.4, -0.2) is 132 Å². The van der Waals surface area contributed by atoms with Crippen LogP contribution in [0.5, 0.6) is 0 Å². The van der Waals surface area contributed by atoms with Gasteiger partial charge in [0.15, 0.2) is 0 Å². The van der Waals surface area contributed by atoms with Crippen molar-refractivity contribution in [3.05, 3.63) is 0 Å². The fourth-order valence-corrected chi connectivity index (χ4v) is 5.11. The first-order chi connectivity index (χ1) is 24.9. The maximum Gasteiger partial charge on any atom is 0.0701 e. The van der Waals surface area contributed by atoms with Crippen molar-refractivity contribution in [2.75, 3.05) is 132 Å². The molecule has 0 aliphatic rings. The van der Waals surface area contributed by atoms with Gasteiger partial charge in [-0.3, -0.25) is 0 Å². The Bertz CT molecular complexity index is 524. The van der Waals surface area contributed by atoms with Gasteiger partial charge in [0.2, 0.25) is 0 Å². The summed E-state index contributed by atoms with van der Waals surface area (Å²) >= 11 is 0. The van der Waals surface area contributed by atoms with Gasteiger partial charge in [-0.1, -0.05) is 117 Å². The van der Waals surface area contributed by atoms with E-state index in [4.69, 9.17) is 47.4 Å². The lowest BCUT2D eigenvalue weighted by atomic mass is 10.0. The summed E-state index contributed by atoms with van der Waals surface area (Å²) in [6, 6.07) is 0. The number of hydrogen-bond acceptors (Lipinski definition) is 10. The lowest BCUT2D eigenvalue weighted by Gasteiger charge is -2.09. The second kappa shape index (κ2) is 48.6. The first-order valence-corrected chi connectivity index (χ1v) is 20.7. The highest BCUT2D eigenvalue weighted by molar-refractivity contribution is 4.49. The molecule has 10 nitrogen and oxygen atoms in total. The maximum absolute atomic E-state index is 5.68. The first kappa shape index (κ1) is 49.6. The van der Waals surface area contributed by atoms with Gasteiger partial charge in [0, 0.05) is 13.2 Å². The van der Waals surface area contributed by atoms with Crippen LogP contribution in [0, 0.1) is 0 Å². The van der Waals surface area contributed by atoms with Crippen molar-refractivity contribution in [2.24, 2.45) is 0 Å². The Morgan fingerprint density at radius 3 is 0.500 bits per heavy atom. The smallest absolute Gasteiger partial charge is 0.0701 e. The summed E-state index contributed by atoms with van der Waals surface area (Å²) in [6.07, 6.45) is 24.2. The number of ether oxygens (including phenoxy) is 10. The third-order valence-corrected chi connectivity index (χ3v) is 8.13. The predicted octanol–water partition coefficient (Wildman–Crippen LogP) is 8.21. The standard InChI is InChI=1S/C40H82O10/c1-3-5-7-9-10-11-12-13-14-15-16-17-18-20-22-42-24-26-44-28-30-46-32-34-48-36-38-50-40-39-49-37-35-47-33-31-45-29-27-43-25-23-41-21-19-8-6-4-2/h3-40H2,1-2H3. The quantitative estimate of drug-likeness (QED) is 0.0573. The van der Waals surface area contributed by atoms with Gasteiger partial charge in [-0.2, -0.15) is 0 Å². The Balaban J connectivity index is 3.04. The van der Waals surface area contributed by atoms with Crippen LogP contribution in [0.4, 0.5) is 0 Å². The lowest BCUT2D eigenvalue weighted by Crippen LogP contribution is -2.15. The Labute approximate surface area is 308 Å². The monoisotopic (exact) mass is 723 g/mol. The van der Waals surface area contributed by atoms with Gasteiger partial charge in [-0.25, -0.2) is 0 Å². The molecule has 0 saturated heterocycles.